The van der Waals surface area contributed by atoms with E-state index in [-0.39, 0.29) is 13.8 Å². The predicted molar refractivity (Wildman–Crippen MR) is 47.3 cm³/mol. The van der Waals surface area contributed by atoms with Crippen LogP contribution in [0.1, 0.15) is 0 Å². The zero-order valence-corrected chi connectivity index (χ0v) is 7.98. The van der Waals surface area contributed by atoms with Gasteiger partial charge in [0.2, 0.25) is 0 Å². The van der Waals surface area contributed by atoms with Crippen LogP contribution in [-0.2, 0) is 4.79 Å². The Morgan fingerprint density at radius 1 is 1.40 bits per heavy atom. The summed E-state index contributed by atoms with van der Waals surface area (Å²) in [6.45, 7) is 8.92. The van der Waals surface area contributed by atoms with Gasteiger partial charge in [0, 0.05) is 33.9 Å². The van der Waals surface area contributed by atoms with E-state index in [0.29, 0.717) is 0 Å². The van der Waals surface area contributed by atoms with Crippen molar-refractivity contribution in [1.29, 1.82) is 0 Å². The van der Waals surface area contributed by atoms with Crippen LogP contribution in [0.15, 0.2) is 0 Å². The lowest BCUT2D eigenvalue weighted by Crippen LogP contribution is -2.10. The summed E-state index contributed by atoms with van der Waals surface area (Å²) in [4.78, 5) is 9.24. The van der Waals surface area contributed by atoms with Gasteiger partial charge in [0.1, 0.15) is 0 Å². The molecule has 10 heavy (non-hydrogen) atoms. The standard InChI is InChI=1S/C4H12P.C2H5NO2/c1-5(2,3)4;3-1-2(4)5/h1-4H3;1,3H2,(H,4,5)/q+1;. The molecule has 0 radical (unpaired) electrons. The topological polar surface area (TPSA) is 63.3 Å². The van der Waals surface area contributed by atoms with Crippen molar-refractivity contribution >= 4 is 13.2 Å². The Kier molecular flexibility index (Phi) is 7.05. The molecule has 4 heteroatoms. The van der Waals surface area contributed by atoms with Crippen LogP contribution >= 0.6 is 7.26 Å². The van der Waals surface area contributed by atoms with Crippen LogP contribution in [0, 0.1) is 0 Å². The van der Waals surface area contributed by atoms with Crippen LogP contribution in [0.3, 0.4) is 0 Å². The molecule has 0 aliphatic heterocycles. The molecular formula is C6H17NO2P+. The highest BCUT2D eigenvalue weighted by atomic mass is 31.2. The molecule has 0 aliphatic carbocycles. The Hall–Kier alpha value is -0.140. The van der Waals surface area contributed by atoms with Crippen molar-refractivity contribution in [2.24, 2.45) is 5.73 Å². The van der Waals surface area contributed by atoms with Crippen LogP contribution in [0.25, 0.3) is 0 Å². The van der Waals surface area contributed by atoms with Gasteiger partial charge in [0.15, 0.2) is 0 Å². The maximum absolute atomic E-state index is 9.24. The van der Waals surface area contributed by atoms with Gasteiger partial charge in [0.25, 0.3) is 0 Å². The highest BCUT2D eigenvalue weighted by molar-refractivity contribution is 7.72. The van der Waals surface area contributed by atoms with Gasteiger partial charge in [0.05, 0.1) is 6.54 Å². The number of hydrogen-bond donors (Lipinski definition) is 2. The fraction of sp³-hybridized carbons (Fsp3) is 0.833. The second-order valence-corrected chi connectivity index (χ2v) is 8.65. The summed E-state index contributed by atoms with van der Waals surface area (Å²) >= 11 is 0. The van der Waals surface area contributed by atoms with Crippen LogP contribution in [0.4, 0.5) is 0 Å². The molecule has 0 aliphatic rings. The van der Waals surface area contributed by atoms with Gasteiger partial charge in [-0.15, -0.1) is 0 Å². The molecule has 0 amide bonds. The number of carbonyl (C=O) groups is 1. The molecule has 0 rings (SSSR count). The van der Waals surface area contributed by atoms with Gasteiger partial charge in [-0.25, -0.2) is 0 Å². The SMILES string of the molecule is C[P+](C)(C)C.NCC(=O)O. The summed E-state index contributed by atoms with van der Waals surface area (Å²) in [5, 5.41) is 7.60. The summed E-state index contributed by atoms with van der Waals surface area (Å²) < 4.78 is 0. The van der Waals surface area contributed by atoms with Crippen LogP contribution in [0.2, 0.25) is 0 Å². The molecule has 62 valence electrons. The average Bonchev–Trinajstić information content (AvgIpc) is 1.61. The molecule has 0 saturated carbocycles. The van der Waals surface area contributed by atoms with E-state index in [2.05, 4.69) is 32.4 Å². The first-order valence-corrected chi connectivity index (χ1v) is 6.56. The summed E-state index contributed by atoms with van der Waals surface area (Å²) in [5.74, 6) is -0.968. The summed E-state index contributed by atoms with van der Waals surface area (Å²) in [6.07, 6.45) is 0. The normalized spacial score (nSPS) is 9.70. The van der Waals surface area contributed by atoms with E-state index in [1.165, 1.54) is 0 Å². The zero-order valence-electron chi connectivity index (χ0n) is 7.09. The molecule has 0 atom stereocenters. The number of nitrogens with two attached hydrogens (primary N) is 1. The van der Waals surface area contributed by atoms with Crippen molar-refractivity contribution < 1.29 is 9.90 Å². The number of rotatable bonds is 1. The highest BCUT2D eigenvalue weighted by Gasteiger charge is 2.03. The Bertz CT molecular complexity index is 92.4. The van der Waals surface area contributed by atoms with Gasteiger partial charge < -0.3 is 10.8 Å². The van der Waals surface area contributed by atoms with Gasteiger partial charge in [-0.2, -0.15) is 0 Å². The number of hydrogen-bond acceptors (Lipinski definition) is 2. The van der Waals surface area contributed by atoms with E-state index >= 15 is 0 Å². The molecule has 0 aromatic heterocycles. The minimum atomic E-state index is -0.968. The molecule has 0 saturated heterocycles. The molecule has 3 nitrogen and oxygen atoms in total. The Morgan fingerprint density at radius 2 is 1.50 bits per heavy atom. The smallest absolute Gasteiger partial charge is 0.317 e. The van der Waals surface area contributed by atoms with Crippen molar-refractivity contribution in [2.45, 2.75) is 0 Å². The second kappa shape index (κ2) is 5.63. The van der Waals surface area contributed by atoms with E-state index in [9.17, 15) is 4.79 Å². The maximum atomic E-state index is 9.24. The first-order chi connectivity index (χ1) is 4.27. The number of carboxylic acid groups (broad SMARTS) is 1. The van der Waals surface area contributed by atoms with E-state index in [0.717, 1.165) is 0 Å². The molecule has 0 aromatic carbocycles. The fourth-order valence-corrected chi connectivity index (χ4v) is 0. The Balaban J connectivity index is 0. The van der Waals surface area contributed by atoms with Crippen LogP contribution in [-0.4, -0.2) is 44.3 Å². The van der Waals surface area contributed by atoms with Crippen LogP contribution < -0.4 is 5.73 Å². The Labute approximate surface area is 63.0 Å². The second-order valence-electron chi connectivity index (χ2n) is 3.28. The molecule has 0 aromatic rings. The summed E-state index contributed by atoms with van der Waals surface area (Å²) in [5.41, 5.74) is 4.57. The predicted octanol–water partition coefficient (Wildman–Crippen LogP) is 0.553. The lowest BCUT2D eigenvalue weighted by Gasteiger charge is -1.97. The van der Waals surface area contributed by atoms with E-state index < -0.39 is 5.97 Å². The largest absolute Gasteiger partial charge is 0.480 e. The van der Waals surface area contributed by atoms with Crippen molar-refractivity contribution in [1.82, 2.24) is 0 Å². The molecule has 0 bridgehead atoms. The van der Waals surface area contributed by atoms with Crippen molar-refractivity contribution in [3.05, 3.63) is 0 Å². The van der Waals surface area contributed by atoms with Crippen molar-refractivity contribution in [2.75, 3.05) is 33.2 Å². The van der Waals surface area contributed by atoms with Gasteiger partial charge in [-0.1, -0.05) is 0 Å². The minimum absolute atomic E-state index is 0.278. The monoisotopic (exact) mass is 166 g/mol. The maximum Gasteiger partial charge on any atom is 0.317 e. The molecule has 3 N–H and O–H groups in total. The first kappa shape index (κ1) is 12.5. The quantitative estimate of drug-likeness (QED) is 0.559. The average molecular weight is 166 g/mol. The third kappa shape index (κ3) is 107. The van der Waals surface area contributed by atoms with Crippen molar-refractivity contribution in [3.63, 3.8) is 0 Å². The molecule has 0 heterocycles. The van der Waals surface area contributed by atoms with E-state index in [1.54, 1.807) is 0 Å². The van der Waals surface area contributed by atoms with Crippen LogP contribution in [0.5, 0.6) is 0 Å². The molecule has 0 unspecified atom stereocenters. The first-order valence-electron chi connectivity index (χ1n) is 2.98. The van der Waals surface area contributed by atoms with Gasteiger partial charge in [-0.05, 0) is 0 Å². The van der Waals surface area contributed by atoms with Gasteiger partial charge in [-0.3, -0.25) is 4.79 Å². The van der Waals surface area contributed by atoms with Gasteiger partial charge >= 0.3 is 5.97 Å². The highest BCUT2D eigenvalue weighted by Crippen LogP contribution is 2.40. The third-order valence-electron chi connectivity index (χ3n) is 0.175. The van der Waals surface area contributed by atoms with E-state index in [1.807, 2.05) is 0 Å². The lowest BCUT2D eigenvalue weighted by molar-refractivity contribution is -0.135. The third-order valence-corrected chi connectivity index (χ3v) is 0.175. The summed E-state index contributed by atoms with van der Waals surface area (Å²) in [6, 6.07) is 0. The van der Waals surface area contributed by atoms with E-state index in [4.69, 9.17) is 5.11 Å². The fourth-order valence-electron chi connectivity index (χ4n) is 0. The summed E-state index contributed by atoms with van der Waals surface area (Å²) in [7, 11) is -0.389. The molecular weight excluding hydrogens is 149 g/mol. The molecule has 0 fully saturated rings. The Morgan fingerprint density at radius 3 is 1.50 bits per heavy atom. The number of carboxylic acids is 1. The minimum Gasteiger partial charge on any atom is -0.480 e. The molecule has 0 spiro atoms. The lowest BCUT2D eigenvalue weighted by atomic mass is 10.7. The zero-order chi connectivity index (χ0) is 8.78. The van der Waals surface area contributed by atoms with Crippen molar-refractivity contribution in [3.8, 4) is 0 Å². The number of aliphatic carboxylic acids is 1.